The van der Waals surface area contributed by atoms with E-state index < -0.39 is 41.6 Å². The topological polar surface area (TPSA) is 116 Å². The van der Waals surface area contributed by atoms with Crippen molar-refractivity contribution in [3.05, 3.63) is 0 Å². The third-order valence-electron chi connectivity index (χ3n) is 4.69. The Kier molecular flexibility index (Phi) is 6.27. The van der Waals surface area contributed by atoms with Crippen LogP contribution in [-0.2, 0) is 23.9 Å². The van der Waals surface area contributed by atoms with Gasteiger partial charge in [-0.3, -0.25) is 9.59 Å². The van der Waals surface area contributed by atoms with Crippen molar-refractivity contribution in [2.45, 2.75) is 72.0 Å². The van der Waals surface area contributed by atoms with Gasteiger partial charge in [0.05, 0.1) is 6.54 Å². The second-order valence-electron chi connectivity index (χ2n) is 8.80. The lowest BCUT2D eigenvalue weighted by atomic mass is 9.63. The van der Waals surface area contributed by atoms with E-state index in [4.69, 9.17) is 15.2 Å². The van der Waals surface area contributed by atoms with Crippen LogP contribution < -0.4 is 5.73 Å². The van der Waals surface area contributed by atoms with Crippen LogP contribution in [0.5, 0.6) is 0 Å². The molecular weight excluding hydrogens is 326 g/mol. The zero-order valence-electron chi connectivity index (χ0n) is 16.0. The fraction of sp³-hybridized carbons (Fsp3) is 0.833. The summed E-state index contributed by atoms with van der Waals surface area (Å²) in [6.45, 7) is 10.8. The normalized spacial score (nSPS) is 27.5. The predicted octanol–water partition coefficient (Wildman–Crippen LogP) is 2.12. The van der Waals surface area contributed by atoms with Crippen molar-refractivity contribution in [3.8, 4) is 0 Å². The van der Waals surface area contributed by atoms with Crippen molar-refractivity contribution >= 4 is 17.9 Å². The lowest BCUT2D eigenvalue weighted by molar-refractivity contribution is -0.203. The molecule has 0 saturated heterocycles. The second kappa shape index (κ2) is 7.32. The van der Waals surface area contributed by atoms with E-state index in [1.54, 1.807) is 20.8 Å². The zero-order valence-corrected chi connectivity index (χ0v) is 16.0. The summed E-state index contributed by atoms with van der Waals surface area (Å²) in [5.41, 5.74) is 2.48. The Balaban J connectivity index is 3.29. The van der Waals surface area contributed by atoms with Crippen LogP contribution in [0.15, 0.2) is 0 Å². The molecule has 0 amide bonds. The highest BCUT2D eigenvalue weighted by atomic mass is 16.6. The first-order chi connectivity index (χ1) is 11.2. The van der Waals surface area contributed by atoms with Crippen LogP contribution in [-0.4, -0.2) is 40.8 Å². The lowest BCUT2D eigenvalue weighted by Gasteiger charge is -2.45. The summed E-state index contributed by atoms with van der Waals surface area (Å²) < 4.78 is 10.7. The van der Waals surface area contributed by atoms with Crippen LogP contribution in [0.1, 0.15) is 60.8 Å². The Hall–Kier alpha value is -1.63. The fourth-order valence-electron chi connectivity index (χ4n) is 3.27. The van der Waals surface area contributed by atoms with E-state index in [1.807, 2.05) is 20.8 Å². The standard InChI is InChI=1S/C18H31NO6/c1-16(2,3)11-7-8-18(15(22)23,24-13(20)10-19)12(9-11)14(21)25-17(4,5)6/h11-12H,7-10,19H2,1-6H3,(H,22,23)/t11?,12-,18+/m0/s1. The molecule has 144 valence electrons. The van der Waals surface area contributed by atoms with Crippen LogP contribution in [0, 0.1) is 17.3 Å². The Bertz CT molecular complexity index is 531. The molecule has 1 rings (SSSR count). The third kappa shape index (κ3) is 5.17. The summed E-state index contributed by atoms with van der Waals surface area (Å²) in [6.07, 6.45) is 0.870. The van der Waals surface area contributed by atoms with Gasteiger partial charge in [-0.25, -0.2) is 4.79 Å². The van der Waals surface area contributed by atoms with Crippen LogP contribution in [0.3, 0.4) is 0 Å². The Morgan fingerprint density at radius 2 is 1.72 bits per heavy atom. The van der Waals surface area contributed by atoms with E-state index in [9.17, 15) is 19.5 Å². The van der Waals surface area contributed by atoms with Gasteiger partial charge in [-0.15, -0.1) is 0 Å². The fourth-order valence-corrected chi connectivity index (χ4v) is 3.27. The first-order valence-electron chi connectivity index (χ1n) is 8.61. The minimum atomic E-state index is -1.93. The van der Waals surface area contributed by atoms with Crippen LogP contribution in [0.25, 0.3) is 0 Å². The number of rotatable bonds is 4. The Labute approximate surface area is 149 Å². The highest BCUT2D eigenvalue weighted by Gasteiger charge is 2.58. The Morgan fingerprint density at radius 3 is 2.12 bits per heavy atom. The van der Waals surface area contributed by atoms with Gasteiger partial charge in [-0.1, -0.05) is 20.8 Å². The monoisotopic (exact) mass is 357 g/mol. The molecule has 3 atom stereocenters. The molecular formula is C18H31NO6. The van der Waals surface area contributed by atoms with E-state index in [0.717, 1.165) is 0 Å². The number of aliphatic carboxylic acids is 1. The average molecular weight is 357 g/mol. The quantitative estimate of drug-likeness (QED) is 0.740. The molecule has 1 aliphatic carbocycles. The number of hydrogen-bond acceptors (Lipinski definition) is 6. The number of carboxylic acid groups (broad SMARTS) is 1. The maximum absolute atomic E-state index is 12.8. The van der Waals surface area contributed by atoms with Gasteiger partial charge < -0.3 is 20.3 Å². The molecule has 7 heteroatoms. The maximum atomic E-state index is 12.8. The minimum absolute atomic E-state index is 0.0555. The lowest BCUT2D eigenvalue weighted by Crippen LogP contribution is -2.57. The minimum Gasteiger partial charge on any atom is -0.478 e. The summed E-state index contributed by atoms with van der Waals surface area (Å²) in [6, 6.07) is 0. The number of hydrogen-bond donors (Lipinski definition) is 2. The van der Waals surface area contributed by atoms with Crippen LogP contribution in [0.4, 0.5) is 0 Å². The van der Waals surface area contributed by atoms with Gasteiger partial charge in [0.25, 0.3) is 0 Å². The molecule has 1 unspecified atom stereocenters. The number of carbonyl (C=O) groups is 3. The summed E-state index contributed by atoms with van der Waals surface area (Å²) in [5.74, 6) is -3.80. The van der Waals surface area contributed by atoms with Crippen LogP contribution >= 0.6 is 0 Å². The third-order valence-corrected chi connectivity index (χ3v) is 4.69. The highest BCUT2D eigenvalue weighted by Crippen LogP contribution is 2.47. The highest BCUT2D eigenvalue weighted by molar-refractivity contribution is 5.89. The number of esters is 2. The van der Waals surface area contributed by atoms with Crippen LogP contribution in [0.2, 0.25) is 0 Å². The molecule has 1 aliphatic rings. The molecule has 25 heavy (non-hydrogen) atoms. The van der Waals surface area contributed by atoms with Crippen molar-refractivity contribution in [2.24, 2.45) is 23.0 Å². The molecule has 7 nitrogen and oxygen atoms in total. The molecule has 0 aromatic rings. The first kappa shape index (κ1) is 21.4. The van der Waals surface area contributed by atoms with Gasteiger partial charge in [-0.05, 0) is 51.4 Å². The number of carbonyl (C=O) groups excluding carboxylic acids is 2. The summed E-state index contributed by atoms with van der Waals surface area (Å²) in [5, 5.41) is 9.81. The van der Waals surface area contributed by atoms with Gasteiger partial charge in [-0.2, -0.15) is 0 Å². The van der Waals surface area contributed by atoms with Gasteiger partial charge >= 0.3 is 17.9 Å². The molecule has 0 radical (unpaired) electrons. The first-order valence-corrected chi connectivity index (χ1v) is 8.61. The maximum Gasteiger partial charge on any atom is 0.349 e. The molecule has 3 N–H and O–H groups in total. The van der Waals surface area contributed by atoms with E-state index in [-0.39, 0.29) is 24.2 Å². The summed E-state index contributed by atoms with van der Waals surface area (Å²) in [4.78, 5) is 36.6. The van der Waals surface area contributed by atoms with Crippen molar-refractivity contribution in [1.82, 2.24) is 0 Å². The van der Waals surface area contributed by atoms with Crippen molar-refractivity contribution in [3.63, 3.8) is 0 Å². The molecule has 0 aromatic heterocycles. The average Bonchev–Trinajstić information content (AvgIpc) is 2.43. The van der Waals surface area contributed by atoms with Crippen molar-refractivity contribution in [2.75, 3.05) is 6.54 Å². The van der Waals surface area contributed by atoms with E-state index in [2.05, 4.69) is 0 Å². The largest absolute Gasteiger partial charge is 0.478 e. The van der Waals surface area contributed by atoms with E-state index in [1.165, 1.54) is 0 Å². The Morgan fingerprint density at radius 1 is 1.16 bits per heavy atom. The van der Waals surface area contributed by atoms with Gasteiger partial charge in [0, 0.05) is 0 Å². The molecule has 0 spiro atoms. The van der Waals surface area contributed by atoms with E-state index >= 15 is 0 Å². The summed E-state index contributed by atoms with van der Waals surface area (Å²) in [7, 11) is 0. The van der Waals surface area contributed by atoms with Crippen molar-refractivity contribution in [1.29, 1.82) is 0 Å². The summed E-state index contributed by atoms with van der Waals surface area (Å²) >= 11 is 0. The second-order valence-corrected chi connectivity index (χ2v) is 8.80. The number of carboxylic acids is 1. The number of ether oxygens (including phenoxy) is 2. The molecule has 1 saturated carbocycles. The molecule has 0 aliphatic heterocycles. The number of nitrogens with two attached hydrogens (primary N) is 1. The van der Waals surface area contributed by atoms with Gasteiger partial charge in [0.2, 0.25) is 5.60 Å². The molecule has 0 bridgehead atoms. The van der Waals surface area contributed by atoms with Gasteiger partial charge in [0.15, 0.2) is 0 Å². The SMILES string of the molecule is CC(C)(C)OC(=O)[C@@H]1CC(C(C)(C)C)CC[C@]1(OC(=O)CN)C(=O)O. The smallest absolute Gasteiger partial charge is 0.349 e. The zero-order chi connectivity index (χ0) is 19.6. The van der Waals surface area contributed by atoms with E-state index in [0.29, 0.717) is 6.42 Å². The molecule has 1 fully saturated rings. The van der Waals surface area contributed by atoms with Crippen molar-refractivity contribution < 1.29 is 29.0 Å². The molecule has 0 aromatic carbocycles. The predicted molar refractivity (Wildman–Crippen MR) is 91.6 cm³/mol. The van der Waals surface area contributed by atoms with Gasteiger partial charge in [0.1, 0.15) is 11.5 Å². The molecule has 0 heterocycles.